The first-order chi connectivity index (χ1) is 15.1. The summed E-state index contributed by atoms with van der Waals surface area (Å²) in [5.74, 6) is -0.136. The van der Waals surface area contributed by atoms with Crippen LogP contribution in [0.2, 0.25) is 5.02 Å². The summed E-state index contributed by atoms with van der Waals surface area (Å²) in [5, 5.41) is 5.34. The molecule has 3 aromatic rings. The highest BCUT2D eigenvalue weighted by Gasteiger charge is 2.33. The Morgan fingerprint density at radius 3 is 2.28 bits per heavy atom. The zero-order valence-corrected chi connectivity index (χ0v) is 17.2. The lowest BCUT2D eigenvalue weighted by Gasteiger charge is -2.17. The highest BCUT2D eigenvalue weighted by molar-refractivity contribution is 6.31. The minimum Gasteiger partial charge on any atom is -0.377 e. The number of urea groups is 1. The van der Waals surface area contributed by atoms with E-state index in [-0.39, 0.29) is 11.4 Å². The maximum absolute atomic E-state index is 12.9. The van der Waals surface area contributed by atoms with Crippen molar-refractivity contribution in [3.63, 3.8) is 0 Å². The van der Waals surface area contributed by atoms with Gasteiger partial charge in [0, 0.05) is 24.6 Å². The zero-order valence-electron chi connectivity index (χ0n) is 16.5. The van der Waals surface area contributed by atoms with Crippen LogP contribution in [-0.4, -0.2) is 29.0 Å². The number of hydrogen-bond acceptors (Lipinski definition) is 4. The predicted molar refractivity (Wildman–Crippen MR) is 112 cm³/mol. The summed E-state index contributed by atoms with van der Waals surface area (Å²) < 4.78 is 38.8. The first-order valence-electron chi connectivity index (χ1n) is 9.05. The number of amides is 3. The van der Waals surface area contributed by atoms with Crippen molar-refractivity contribution in [3.05, 3.63) is 83.1 Å². The Labute approximate surface area is 185 Å². The van der Waals surface area contributed by atoms with Crippen molar-refractivity contribution in [1.29, 1.82) is 0 Å². The molecule has 0 aliphatic heterocycles. The van der Waals surface area contributed by atoms with E-state index in [0.29, 0.717) is 11.4 Å². The average Bonchev–Trinajstić information content (AvgIpc) is 2.75. The van der Waals surface area contributed by atoms with Crippen LogP contribution in [-0.2, 0) is 6.18 Å². The largest absolute Gasteiger partial charge is 0.417 e. The molecule has 0 bridgehead atoms. The molecule has 1 heterocycles. The summed E-state index contributed by atoms with van der Waals surface area (Å²) in [6.45, 7) is 0. The van der Waals surface area contributed by atoms with E-state index in [1.807, 2.05) is 0 Å². The Balaban J connectivity index is 1.59. The van der Waals surface area contributed by atoms with Gasteiger partial charge in [-0.05, 0) is 54.6 Å². The first-order valence-corrected chi connectivity index (χ1v) is 9.43. The van der Waals surface area contributed by atoms with Gasteiger partial charge in [0.25, 0.3) is 0 Å². The second-order valence-electron chi connectivity index (χ2n) is 6.40. The van der Waals surface area contributed by atoms with E-state index in [9.17, 15) is 22.8 Å². The van der Waals surface area contributed by atoms with Gasteiger partial charge in [-0.15, -0.1) is 0 Å². The third-order valence-electron chi connectivity index (χ3n) is 4.05. The smallest absolute Gasteiger partial charge is 0.377 e. The lowest BCUT2D eigenvalue weighted by Crippen LogP contribution is -2.30. The fraction of sp³-hybridized carbons (Fsp3) is 0.0952. The van der Waals surface area contributed by atoms with Crippen LogP contribution in [0.4, 0.5) is 29.3 Å². The van der Waals surface area contributed by atoms with Crippen LogP contribution in [0.5, 0.6) is 5.75 Å². The van der Waals surface area contributed by atoms with Crippen LogP contribution in [0.15, 0.2) is 66.9 Å². The Morgan fingerprint density at radius 1 is 1.00 bits per heavy atom. The number of nitrogens with one attached hydrogen (secondary N) is 2. The number of benzene rings is 2. The van der Waals surface area contributed by atoms with Crippen LogP contribution >= 0.6 is 11.6 Å². The molecule has 2 aromatic carbocycles. The van der Waals surface area contributed by atoms with Crippen LogP contribution in [0.25, 0.3) is 0 Å². The summed E-state index contributed by atoms with van der Waals surface area (Å²) in [7, 11) is 1.43. The van der Waals surface area contributed by atoms with E-state index in [4.69, 9.17) is 16.4 Å². The van der Waals surface area contributed by atoms with Gasteiger partial charge >= 0.3 is 18.1 Å². The van der Waals surface area contributed by atoms with Crippen LogP contribution in [0, 0.1) is 0 Å². The average molecular weight is 465 g/mol. The Morgan fingerprint density at radius 2 is 1.66 bits per heavy atom. The second kappa shape index (κ2) is 9.56. The summed E-state index contributed by atoms with van der Waals surface area (Å²) in [6, 6.07) is 13.2. The van der Waals surface area contributed by atoms with Crippen molar-refractivity contribution in [3.8, 4) is 5.75 Å². The molecular formula is C21H16ClF3N4O3. The number of carbonyl (C=O) groups excluding carboxylic acids is 2. The Kier molecular flexibility index (Phi) is 6.84. The molecule has 0 saturated carbocycles. The number of carbonyl (C=O) groups is 2. The van der Waals surface area contributed by atoms with E-state index in [0.717, 1.165) is 17.2 Å². The first kappa shape index (κ1) is 22.9. The number of hydroxylamine groups is 2. The van der Waals surface area contributed by atoms with Gasteiger partial charge in [0.05, 0.1) is 10.6 Å². The molecule has 0 fully saturated rings. The van der Waals surface area contributed by atoms with E-state index >= 15 is 0 Å². The molecule has 1 aromatic heterocycles. The topological polar surface area (TPSA) is 83.6 Å². The molecule has 0 radical (unpaired) electrons. The molecule has 11 heteroatoms. The second-order valence-corrected chi connectivity index (χ2v) is 6.81. The van der Waals surface area contributed by atoms with Gasteiger partial charge in [-0.3, -0.25) is 9.78 Å². The van der Waals surface area contributed by atoms with E-state index in [2.05, 4.69) is 15.6 Å². The number of aromatic nitrogens is 1. The number of nitrogens with zero attached hydrogens (tertiary/aromatic N) is 2. The number of halogens is 4. The molecule has 32 heavy (non-hydrogen) atoms. The van der Waals surface area contributed by atoms with Crippen molar-refractivity contribution in [1.82, 2.24) is 10.0 Å². The van der Waals surface area contributed by atoms with Crippen molar-refractivity contribution in [2.24, 2.45) is 0 Å². The molecule has 2 N–H and O–H groups in total. The van der Waals surface area contributed by atoms with Crippen molar-refractivity contribution >= 4 is 34.9 Å². The quantitative estimate of drug-likeness (QED) is 0.491. The minimum absolute atomic E-state index is 0.0752. The normalized spacial score (nSPS) is 10.9. The van der Waals surface area contributed by atoms with Crippen LogP contribution < -0.4 is 15.5 Å². The molecule has 0 spiro atoms. The van der Waals surface area contributed by atoms with Crippen molar-refractivity contribution in [2.75, 3.05) is 17.7 Å². The third kappa shape index (κ3) is 5.88. The standard InChI is InChI=1S/C21H16ClF3N4O3/c1-29(19(30)18-4-2-3-11-26-18)32-15-8-5-13(6-9-15)27-20(31)28-14-7-10-17(22)16(12-14)21(23,24)25/h2-12H,1H3,(H2,27,28,31). The molecule has 3 amide bonds. The van der Waals surface area contributed by atoms with E-state index < -0.39 is 28.7 Å². The lowest BCUT2D eigenvalue weighted by atomic mass is 10.2. The summed E-state index contributed by atoms with van der Waals surface area (Å²) in [5.41, 5.74) is -0.573. The van der Waals surface area contributed by atoms with Gasteiger partial charge in [0.1, 0.15) is 5.69 Å². The molecule has 0 aliphatic rings. The molecular weight excluding hydrogens is 449 g/mol. The fourth-order valence-corrected chi connectivity index (χ4v) is 2.79. The van der Waals surface area contributed by atoms with Gasteiger partial charge in [0.2, 0.25) is 0 Å². The zero-order chi connectivity index (χ0) is 23.3. The molecule has 166 valence electrons. The van der Waals surface area contributed by atoms with Gasteiger partial charge in [0.15, 0.2) is 5.75 Å². The lowest BCUT2D eigenvalue weighted by molar-refractivity contribution is -0.137. The van der Waals surface area contributed by atoms with E-state index in [1.165, 1.54) is 43.6 Å². The maximum atomic E-state index is 12.9. The third-order valence-corrected chi connectivity index (χ3v) is 4.38. The van der Waals surface area contributed by atoms with Gasteiger partial charge < -0.3 is 15.5 Å². The minimum atomic E-state index is -4.65. The van der Waals surface area contributed by atoms with Gasteiger partial charge in [-0.1, -0.05) is 17.7 Å². The molecule has 0 aliphatic carbocycles. The SMILES string of the molecule is CN(Oc1ccc(NC(=O)Nc2ccc(Cl)c(C(F)(F)F)c2)cc1)C(=O)c1ccccn1. The summed E-state index contributed by atoms with van der Waals surface area (Å²) in [4.78, 5) is 33.7. The van der Waals surface area contributed by atoms with Crippen molar-refractivity contribution in [2.45, 2.75) is 6.18 Å². The fourth-order valence-electron chi connectivity index (χ4n) is 2.56. The highest BCUT2D eigenvalue weighted by Crippen LogP contribution is 2.36. The summed E-state index contributed by atoms with van der Waals surface area (Å²) in [6.07, 6.45) is -3.16. The maximum Gasteiger partial charge on any atom is 0.417 e. The molecule has 0 unspecified atom stereocenters. The molecule has 7 nitrogen and oxygen atoms in total. The number of hydrogen-bond donors (Lipinski definition) is 2. The number of rotatable bonds is 5. The van der Waals surface area contributed by atoms with E-state index in [1.54, 1.807) is 18.2 Å². The number of alkyl halides is 3. The van der Waals surface area contributed by atoms with Crippen LogP contribution in [0.3, 0.4) is 0 Å². The number of anilines is 2. The van der Waals surface area contributed by atoms with Crippen molar-refractivity contribution < 1.29 is 27.6 Å². The van der Waals surface area contributed by atoms with Gasteiger partial charge in [-0.2, -0.15) is 18.2 Å². The molecule has 0 saturated heterocycles. The van der Waals surface area contributed by atoms with Crippen LogP contribution in [0.1, 0.15) is 16.1 Å². The molecule has 0 atom stereocenters. The molecule has 3 rings (SSSR count). The monoisotopic (exact) mass is 464 g/mol. The predicted octanol–water partition coefficient (Wildman–Crippen LogP) is 5.46. The Hall–Kier alpha value is -3.79. The van der Waals surface area contributed by atoms with Gasteiger partial charge in [-0.25, -0.2) is 4.79 Å². The highest BCUT2D eigenvalue weighted by atomic mass is 35.5. The Bertz CT molecular complexity index is 1110. The summed E-state index contributed by atoms with van der Waals surface area (Å²) >= 11 is 5.56. The number of pyridine rings is 1.